The van der Waals surface area contributed by atoms with Crippen LogP contribution in [0.15, 0.2) is 24.3 Å². The van der Waals surface area contributed by atoms with Crippen molar-refractivity contribution in [3.63, 3.8) is 0 Å². The van der Waals surface area contributed by atoms with Crippen LogP contribution in [0.2, 0.25) is 0 Å². The number of hydrogen-bond acceptors (Lipinski definition) is 3. The van der Waals surface area contributed by atoms with Crippen LogP contribution in [0.5, 0.6) is 0 Å². The summed E-state index contributed by atoms with van der Waals surface area (Å²) in [6, 6.07) is 7.31. The van der Waals surface area contributed by atoms with Crippen molar-refractivity contribution in [3.8, 4) is 0 Å². The number of carbonyl (C=O) groups excluding carboxylic acids is 1. The predicted molar refractivity (Wildman–Crippen MR) is 90.6 cm³/mol. The fraction of sp³-hybridized carbons (Fsp3) is 0.579. The van der Waals surface area contributed by atoms with E-state index in [1.165, 1.54) is 5.56 Å². The molecule has 0 bridgehead atoms. The fourth-order valence-electron chi connectivity index (χ4n) is 2.60. The first-order chi connectivity index (χ1) is 10.4. The lowest BCUT2D eigenvalue weighted by Gasteiger charge is -2.36. The predicted octanol–water partition coefficient (Wildman–Crippen LogP) is 4.49. The molecule has 0 amide bonds. The molecule has 23 heavy (non-hydrogen) atoms. The molecule has 1 aromatic rings. The number of ether oxygens (including phenoxy) is 1. The van der Waals surface area contributed by atoms with Crippen molar-refractivity contribution < 1.29 is 19.4 Å². The maximum atomic E-state index is 11.8. The van der Waals surface area contributed by atoms with E-state index >= 15 is 0 Å². The summed E-state index contributed by atoms with van der Waals surface area (Å²) in [5.74, 6) is -1.40. The van der Waals surface area contributed by atoms with Crippen molar-refractivity contribution in [2.24, 2.45) is 10.8 Å². The Morgan fingerprint density at radius 2 is 1.57 bits per heavy atom. The lowest BCUT2D eigenvalue weighted by Crippen LogP contribution is -2.24. The molecule has 4 nitrogen and oxygen atoms in total. The Hall–Kier alpha value is -1.84. The lowest BCUT2D eigenvalue weighted by atomic mass is 9.69. The SMILES string of the molecule is CC(C)(C)CC(c1ccc(C(=O)OCC(=O)O)cc1)C(C)(C)C. The molecule has 0 saturated carbocycles. The largest absolute Gasteiger partial charge is 0.479 e. The third kappa shape index (κ3) is 6.43. The smallest absolute Gasteiger partial charge is 0.341 e. The lowest BCUT2D eigenvalue weighted by molar-refractivity contribution is -0.140. The van der Waals surface area contributed by atoms with Gasteiger partial charge in [-0.1, -0.05) is 53.7 Å². The molecule has 1 N–H and O–H groups in total. The number of rotatable bonds is 5. The van der Waals surface area contributed by atoms with Gasteiger partial charge in [-0.15, -0.1) is 0 Å². The first-order valence-corrected chi connectivity index (χ1v) is 7.89. The molecule has 1 unspecified atom stereocenters. The molecule has 0 aromatic heterocycles. The number of carboxylic acid groups (broad SMARTS) is 1. The molecule has 128 valence electrons. The Morgan fingerprint density at radius 3 is 1.96 bits per heavy atom. The van der Waals surface area contributed by atoms with Gasteiger partial charge in [-0.2, -0.15) is 0 Å². The summed E-state index contributed by atoms with van der Waals surface area (Å²) in [6.45, 7) is 12.7. The minimum Gasteiger partial charge on any atom is -0.479 e. The van der Waals surface area contributed by atoms with E-state index in [2.05, 4.69) is 41.5 Å². The van der Waals surface area contributed by atoms with Gasteiger partial charge in [0.2, 0.25) is 0 Å². The number of aliphatic carboxylic acids is 1. The van der Waals surface area contributed by atoms with Crippen molar-refractivity contribution in [1.82, 2.24) is 0 Å². The van der Waals surface area contributed by atoms with E-state index in [0.29, 0.717) is 11.5 Å². The van der Waals surface area contributed by atoms with Gasteiger partial charge in [0.05, 0.1) is 5.56 Å². The number of carboxylic acids is 1. The van der Waals surface area contributed by atoms with Crippen LogP contribution in [0, 0.1) is 10.8 Å². The summed E-state index contributed by atoms with van der Waals surface area (Å²) < 4.78 is 4.70. The van der Waals surface area contributed by atoms with Gasteiger partial charge < -0.3 is 9.84 Å². The summed E-state index contributed by atoms with van der Waals surface area (Å²) in [5, 5.41) is 8.55. The van der Waals surface area contributed by atoms with Crippen LogP contribution in [0.3, 0.4) is 0 Å². The summed E-state index contributed by atoms with van der Waals surface area (Å²) in [4.78, 5) is 22.2. The van der Waals surface area contributed by atoms with Crippen LogP contribution in [0.1, 0.15) is 69.8 Å². The summed E-state index contributed by atoms with van der Waals surface area (Å²) in [5.41, 5.74) is 1.87. The molecular weight excluding hydrogens is 292 g/mol. The van der Waals surface area contributed by atoms with E-state index < -0.39 is 18.5 Å². The molecule has 0 spiro atoms. The third-order valence-electron chi connectivity index (χ3n) is 3.74. The minimum absolute atomic E-state index is 0.110. The molecule has 0 fully saturated rings. The maximum absolute atomic E-state index is 11.8. The highest BCUT2D eigenvalue weighted by atomic mass is 16.5. The van der Waals surface area contributed by atoms with Crippen LogP contribution < -0.4 is 0 Å². The molecule has 0 aliphatic carbocycles. The highest BCUT2D eigenvalue weighted by molar-refractivity contribution is 5.90. The second-order valence-corrected chi connectivity index (χ2v) is 8.28. The quantitative estimate of drug-likeness (QED) is 0.812. The molecule has 0 heterocycles. The van der Waals surface area contributed by atoms with Gasteiger partial charge >= 0.3 is 11.9 Å². The number of carbonyl (C=O) groups is 2. The van der Waals surface area contributed by atoms with Crippen molar-refractivity contribution in [3.05, 3.63) is 35.4 Å². The average molecular weight is 320 g/mol. The average Bonchev–Trinajstić information content (AvgIpc) is 2.40. The van der Waals surface area contributed by atoms with E-state index in [1.807, 2.05) is 12.1 Å². The molecular formula is C19H28O4. The van der Waals surface area contributed by atoms with Gasteiger partial charge in [-0.25, -0.2) is 9.59 Å². The van der Waals surface area contributed by atoms with Gasteiger partial charge in [0, 0.05) is 0 Å². The number of esters is 1. The maximum Gasteiger partial charge on any atom is 0.341 e. The molecule has 0 aliphatic heterocycles. The minimum atomic E-state index is -1.16. The van der Waals surface area contributed by atoms with Crippen LogP contribution >= 0.6 is 0 Å². The first kappa shape index (κ1) is 19.2. The van der Waals surface area contributed by atoms with E-state index in [4.69, 9.17) is 9.84 Å². The molecule has 0 saturated heterocycles. The van der Waals surface area contributed by atoms with Gasteiger partial charge in [-0.3, -0.25) is 0 Å². The Labute approximate surface area is 138 Å². The Balaban J connectivity index is 2.95. The van der Waals surface area contributed by atoms with Gasteiger partial charge in [0.1, 0.15) is 0 Å². The van der Waals surface area contributed by atoms with Crippen molar-refractivity contribution in [1.29, 1.82) is 0 Å². The summed E-state index contributed by atoms with van der Waals surface area (Å²) in [7, 11) is 0. The number of hydrogen-bond donors (Lipinski definition) is 1. The zero-order valence-corrected chi connectivity index (χ0v) is 15.0. The van der Waals surface area contributed by atoms with Gasteiger partial charge in [0.15, 0.2) is 6.61 Å². The zero-order chi connectivity index (χ0) is 17.8. The summed E-state index contributed by atoms with van der Waals surface area (Å²) in [6.07, 6.45) is 1.04. The van der Waals surface area contributed by atoms with Gasteiger partial charge in [-0.05, 0) is 40.9 Å². The van der Waals surface area contributed by atoms with E-state index in [-0.39, 0.29) is 10.8 Å². The Morgan fingerprint density at radius 1 is 1.04 bits per heavy atom. The second-order valence-electron chi connectivity index (χ2n) is 8.28. The fourth-order valence-corrected chi connectivity index (χ4v) is 2.60. The van der Waals surface area contributed by atoms with E-state index in [9.17, 15) is 9.59 Å². The molecule has 0 aliphatic rings. The molecule has 1 rings (SSSR count). The first-order valence-electron chi connectivity index (χ1n) is 7.89. The normalized spacial score (nSPS) is 13.5. The zero-order valence-electron chi connectivity index (χ0n) is 15.0. The van der Waals surface area contributed by atoms with Crippen LogP contribution in [-0.4, -0.2) is 23.7 Å². The van der Waals surface area contributed by atoms with Crippen molar-refractivity contribution in [2.45, 2.75) is 53.9 Å². The molecule has 0 radical (unpaired) electrons. The molecule has 1 aromatic carbocycles. The Kier molecular flexibility index (Phi) is 5.98. The highest BCUT2D eigenvalue weighted by Crippen LogP contribution is 2.43. The van der Waals surface area contributed by atoms with E-state index in [1.54, 1.807) is 12.1 Å². The molecule has 1 atom stereocenters. The second kappa shape index (κ2) is 7.16. The van der Waals surface area contributed by atoms with Crippen molar-refractivity contribution >= 4 is 11.9 Å². The van der Waals surface area contributed by atoms with Crippen LogP contribution in [0.4, 0.5) is 0 Å². The summed E-state index contributed by atoms with van der Waals surface area (Å²) >= 11 is 0. The topological polar surface area (TPSA) is 63.6 Å². The van der Waals surface area contributed by atoms with Crippen LogP contribution in [-0.2, 0) is 9.53 Å². The van der Waals surface area contributed by atoms with Crippen LogP contribution in [0.25, 0.3) is 0 Å². The highest BCUT2D eigenvalue weighted by Gasteiger charge is 2.30. The third-order valence-corrected chi connectivity index (χ3v) is 3.74. The van der Waals surface area contributed by atoms with E-state index in [0.717, 1.165) is 6.42 Å². The van der Waals surface area contributed by atoms with Gasteiger partial charge in [0.25, 0.3) is 0 Å². The standard InChI is InChI=1S/C19H28O4/c1-18(2,3)11-15(19(4,5)6)13-7-9-14(10-8-13)17(22)23-12-16(20)21/h7-10,15H,11-12H2,1-6H3,(H,20,21). The monoisotopic (exact) mass is 320 g/mol. The number of benzene rings is 1. The molecule has 4 heteroatoms. The Bertz CT molecular complexity index is 544. The van der Waals surface area contributed by atoms with Crippen molar-refractivity contribution in [2.75, 3.05) is 6.61 Å².